The van der Waals surface area contributed by atoms with Gasteiger partial charge < -0.3 is 4.74 Å². The van der Waals surface area contributed by atoms with Gasteiger partial charge in [-0.05, 0) is 42.5 Å². The SMILES string of the molecule is Cc1c(C)[n+](C)c2n1C1c3ccc4c(sc5cc([Si](C)(C)C)ccc54)c3-c3cc(C4CCCCC4)cc[n+]3C1Oc1ccccc1-2. The van der Waals surface area contributed by atoms with Crippen molar-refractivity contribution in [2.75, 3.05) is 0 Å². The Balaban J connectivity index is 1.37. The first-order chi connectivity index (χ1) is 22.2. The van der Waals surface area contributed by atoms with E-state index in [0.717, 1.165) is 11.3 Å². The average Bonchev–Trinajstić information content (AvgIpc) is 3.48. The predicted octanol–water partition coefficient (Wildman–Crippen LogP) is 9.01. The van der Waals surface area contributed by atoms with Gasteiger partial charge in [0.05, 0.1) is 20.7 Å². The van der Waals surface area contributed by atoms with E-state index >= 15 is 0 Å². The lowest BCUT2D eigenvalue weighted by Gasteiger charge is -2.29. The van der Waals surface area contributed by atoms with Crippen LogP contribution in [0.1, 0.15) is 72.8 Å². The van der Waals surface area contributed by atoms with Crippen molar-refractivity contribution in [3.05, 3.63) is 95.4 Å². The van der Waals surface area contributed by atoms with E-state index < -0.39 is 8.07 Å². The smallest absolute Gasteiger partial charge is 0.348 e. The molecule has 0 N–H and O–H groups in total. The van der Waals surface area contributed by atoms with E-state index in [0.29, 0.717) is 5.92 Å². The van der Waals surface area contributed by atoms with Crippen LogP contribution in [0.2, 0.25) is 19.6 Å². The minimum absolute atomic E-state index is 0.0116. The van der Waals surface area contributed by atoms with Crippen molar-refractivity contribution < 1.29 is 13.9 Å². The summed E-state index contributed by atoms with van der Waals surface area (Å²) in [5.74, 6) is 2.80. The van der Waals surface area contributed by atoms with Gasteiger partial charge in [0.2, 0.25) is 11.7 Å². The van der Waals surface area contributed by atoms with E-state index in [1.165, 1.54) is 97.1 Å². The number of aromatic nitrogens is 3. The van der Waals surface area contributed by atoms with Gasteiger partial charge in [-0.25, -0.2) is 9.13 Å². The van der Waals surface area contributed by atoms with Crippen molar-refractivity contribution in [2.45, 2.75) is 83.8 Å². The summed E-state index contributed by atoms with van der Waals surface area (Å²) in [4.78, 5) is 0. The zero-order valence-corrected chi connectivity index (χ0v) is 29.7. The van der Waals surface area contributed by atoms with Gasteiger partial charge in [-0.3, -0.25) is 0 Å². The Labute approximate surface area is 276 Å². The highest BCUT2D eigenvalue weighted by Crippen LogP contribution is 2.51. The number of benzene rings is 3. The molecule has 2 unspecified atom stereocenters. The van der Waals surface area contributed by atoms with Crippen LogP contribution in [-0.4, -0.2) is 12.6 Å². The standard InChI is InChI=1S/C40H43N3OSSi/c1-24-25(2)43-37-32-19-18-30-29-17-16-28(46(4,5)6)23-35(29)45-38(30)36(32)33-22-27(26-12-8-7-9-13-26)20-21-42(33)40(37)44-34-15-11-10-14-31(34)39(43)41(24)3/h10-11,14-23,26,37,40H,7-9,12-13H2,1-6H3/q+2. The molecule has 232 valence electrons. The molecule has 0 saturated heterocycles. The molecule has 3 aromatic heterocycles. The lowest BCUT2D eigenvalue weighted by molar-refractivity contribution is -0.750. The molecule has 0 spiro atoms. The first kappa shape index (κ1) is 28.5. The lowest BCUT2D eigenvalue weighted by Crippen LogP contribution is -2.51. The van der Waals surface area contributed by atoms with Crippen LogP contribution in [0.15, 0.2) is 72.9 Å². The van der Waals surface area contributed by atoms with Gasteiger partial charge in [0.15, 0.2) is 6.20 Å². The number of pyridine rings is 1. The van der Waals surface area contributed by atoms with Crippen molar-refractivity contribution in [1.29, 1.82) is 0 Å². The molecule has 2 aliphatic heterocycles. The topological polar surface area (TPSA) is 21.9 Å². The first-order valence-electron chi connectivity index (χ1n) is 17.1. The highest BCUT2D eigenvalue weighted by atomic mass is 32.1. The van der Waals surface area contributed by atoms with Gasteiger partial charge in [-0.15, -0.1) is 11.3 Å². The van der Waals surface area contributed by atoms with Gasteiger partial charge >= 0.3 is 6.23 Å². The molecule has 0 amide bonds. The third-order valence-electron chi connectivity index (χ3n) is 11.3. The molecule has 1 fully saturated rings. The fourth-order valence-electron chi connectivity index (χ4n) is 8.60. The molecule has 1 saturated carbocycles. The van der Waals surface area contributed by atoms with Crippen LogP contribution in [0.5, 0.6) is 5.75 Å². The number of para-hydroxylation sites is 1. The van der Waals surface area contributed by atoms with Crippen LogP contribution in [0.25, 0.3) is 42.8 Å². The minimum atomic E-state index is -1.44. The van der Waals surface area contributed by atoms with Crippen molar-refractivity contribution in [1.82, 2.24) is 4.57 Å². The number of nitrogens with zero attached hydrogens (tertiary/aromatic N) is 3. The molecule has 0 bridgehead atoms. The van der Waals surface area contributed by atoms with Gasteiger partial charge in [0.1, 0.15) is 22.7 Å². The van der Waals surface area contributed by atoms with E-state index in [1.54, 1.807) is 0 Å². The molecule has 9 rings (SSSR count). The first-order valence-corrected chi connectivity index (χ1v) is 21.4. The zero-order chi connectivity index (χ0) is 31.5. The number of hydrogen-bond acceptors (Lipinski definition) is 2. The van der Waals surface area contributed by atoms with Crippen LogP contribution < -0.4 is 19.1 Å². The normalized spacial score (nSPS) is 19.2. The van der Waals surface area contributed by atoms with E-state index in [-0.39, 0.29) is 12.3 Å². The quantitative estimate of drug-likeness (QED) is 0.137. The van der Waals surface area contributed by atoms with Crippen LogP contribution in [0.4, 0.5) is 0 Å². The molecule has 4 nitrogen and oxygen atoms in total. The largest absolute Gasteiger partial charge is 0.429 e. The molecule has 3 aliphatic rings. The highest BCUT2D eigenvalue weighted by molar-refractivity contribution is 7.26. The summed E-state index contributed by atoms with van der Waals surface area (Å²) in [6.07, 6.45) is 8.77. The number of fused-ring (bicyclic) bond motifs is 14. The van der Waals surface area contributed by atoms with Gasteiger partial charge in [-0.2, -0.15) is 4.57 Å². The number of ether oxygens (including phenoxy) is 1. The maximum absolute atomic E-state index is 7.18. The molecule has 46 heavy (non-hydrogen) atoms. The Hall–Kier alpha value is -3.74. The van der Waals surface area contributed by atoms with Gasteiger partial charge in [0.25, 0.3) is 5.82 Å². The Morgan fingerprint density at radius 1 is 0.891 bits per heavy atom. The van der Waals surface area contributed by atoms with Crippen LogP contribution in [-0.2, 0) is 7.05 Å². The van der Waals surface area contributed by atoms with Crippen molar-refractivity contribution >= 4 is 44.8 Å². The monoisotopic (exact) mass is 641 g/mol. The molecule has 0 radical (unpaired) electrons. The molecule has 6 heteroatoms. The fourth-order valence-corrected chi connectivity index (χ4v) is 11.2. The fraction of sp³-hybridized carbons (Fsp3) is 0.350. The van der Waals surface area contributed by atoms with Crippen molar-refractivity contribution in [3.8, 4) is 28.4 Å². The van der Waals surface area contributed by atoms with Crippen molar-refractivity contribution in [3.63, 3.8) is 0 Å². The highest BCUT2D eigenvalue weighted by Gasteiger charge is 2.52. The zero-order valence-electron chi connectivity index (χ0n) is 27.9. The molecule has 5 heterocycles. The van der Waals surface area contributed by atoms with E-state index in [4.69, 9.17) is 4.74 Å². The van der Waals surface area contributed by atoms with Crippen LogP contribution >= 0.6 is 11.3 Å². The predicted molar refractivity (Wildman–Crippen MR) is 192 cm³/mol. The second kappa shape index (κ2) is 10.1. The Morgan fingerprint density at radius 3 is 2.48 bits per heavy atom. The molecule has 3 aromatic carbocycles. The summed E-state index contributed by atoms with van der Waals surface area (Å²) in [7, 11) is 0.765. The maximum atomic E-state index is 7.18. The summed E-state index contributed by atoms with van der Waals surface area (Å²) >= 11 is 1.99. The summed E-state index contributed by atoms with van der Waals surface area (Å²) in [5, 5.41) is 4.28. The van der Waals surface area contributed by atoms with Gasteiger partial charge in [0, 0.05) is 51.7 Å². The molecular weight excluding hydrogens is 599 g/mol. The third kappa shape index (κ3) is 4.02. The van der Waals surface area contributed by atoms with E-state index in [2.05, 4.69) is 127 Å². The maximum Gasteiger partial charge on any atom is 0.348 e. The summed E-state index contributed by atoms with van der Waals surface area (Å²) in [5.41, 5.74) is 9.27. The second-order valence-electron chi connectivity index (χ2n) is 14.9. The van der Waals surface area contributed by atoms with E-state index in [9.17, 15) is 0 Å². The average molecular weight is 642 g/mol. The molecule has 1 aliphatic carbocycles. The van der Waals surface area contributed by atoms with Crippen LogP contribution in [0, 0.1) is 13.8 Å². The Morgan fingerprint density at radius 2 is 1.67 bits per heavy atom. The summed E-state index contributed by atoms with van der Waals surface area (Å²) in [6, 6.07) is 25.7. The summed E-state index contributed by atoms with van der Waals surface area (Å²) < 4.78 is 17.4. The lowest BCUT2D eigenvalue weighted by atomic mass is 9.83. The Kier molecular flexibility index (Phi) is 6.27. The molecule has 2 atom stereocenters. The molecule has 6 aromatic rings. The van der Waals surface area contributed by atoms with Crippen LogP contribution in [0.3, 0.4) is 0 Å². The number of imidazole rings is 1. The number of rotatable bonds is 2. The van der Waals surface area contributed by atoms with Crippen molar-refractivity contribution in [2.24, 2.45) is 7.05 Å². The number of hydrogen-bond donors (Lipinski definition) is 0. The van der Waals surface area contributed by atoms with E-state index in [1.807, 2.05) is 11.3 Å². The number of thiophene rings is 1. The second-order valence-corrected chi connectivity index (χ2v) is 21.1. The molecular formula is C40H43N3OSSi+2. The Bertz CT molecular complexity index is 2210. The third-order valence-corrected chi connectivity index (χ3v) is 14.6. The summed E-state index contributed by atoms with van der Waals surface area (Å²) in [6.45, 7) is 11.9. The minimum Gasteiger partial charge on any atom is -0.429 e. The van der Waals surface area contributed by atoms with Gasteiger partial charge in [-0.1, -0.05) is 80.5 Å².